The van der Waals surface area contributed by atoms with Gasteiger partial charge < -0.3 is 0 Å². The molecule has 0 spiro atoms. The average molecular weight is 121 g/mol. The van der Waals surface area contributed by atoms with Gasteiger partial charge in [-0.2, -0.15) is 11.8 Å². The van der Waals surface area contributed by atoms with Crippen LogP contribution in [0.2, 0.25) is 0 Å². The van der Waals surface area contributed by atoms with E-state index in [9.17, 15) is 0 Å². The number of hydrogen-bond acceptors (Lipinski definition) is 3. The van der Waals surface area contributed by atoms with E-state index in [2.05, 4.69) is 16.7 Å². The number of halogens is 2. The molecule has 0 aromatic carbocycles. The van der Waals surface area contributed by atoms with Crippen LogP contribution in [-0.4, -0.2) is 0 Å². The highest BCUT2D eigenvalue weighted by Crippen LogP contribution is 0.949. The molecule has 0 unspecified atom stereocenters. The Balaban J connectivity index is -0.0000000200. The Morgan fingerprint density at radius 1 is 1.00 bits per heavy atom. The van der Waals surface area contributed by atoms with E-state index in [1.54, 1.807) is 0 Å². The van der Waals surface area contributed by atoms with Crippen LogP contribution in [0.5, 0.6) is 0 Å². The Labute approximate surface area is 42.4 Å². The summed E-state index contributed by atoms with van der Waals surface area (Å²) in [5.74, 6) is 8.25. The van der Waals surface area contributed by atoms with Gasteiger partial charge in [-0.25, -0.2) is 4.94 Å². The average Bonchev–Trinajstić information content (AvgIpc) is 0.918. The smallest absolute Gasteiger partial charge is 0.147 e. The topological polar surface area (TPSA) is 61.3 Å². The first kappa shape index (κ1) is 17.9. The maximum Gasteiger partial charge on any atom is -0.147 e. The molecule has 0 fully saturated rings. The van der Waals surface area contributed by atoms with Crippen LogP contribution in [-0.2, 0) is 4.94 Å². The summed E-state index contributed by atoms with van der Waals surface area (Å²) in [5, 5.41) is 0. The summed E-state index contributed by atoms with van der Waals surface area (Å²) in [4.78, 5) is 3.25. The van der Waals surface area contributed by atoms with Crippen molar-refractivity contribution in [3.8, 4) is 0 Å². The van der Waals surface area contributed by atoms with Crippen LogP contribution < -0.4 is 11.8 Å². The van der Waals surface area contributed by atoms with Crippen molar-refractivity contribution in [3.05, 3.63) is 0 Å². The molecule has 36 valence electrons. The monoisotopic (exact) mass is 120 g/mol. The van der Waals surface area contributed by atoms with Gasteiger partial charge in [0.1, 0.15) is 0 Å². The predicted octanol–water partition coefficient (Wildman–Crippen LogP) is -0.406. The molecule has 0 saturated carbocycles. The van der Waals surface area contributed by atoms with E-state index in [1.807, 2.05) is 0 Å². The molecule has 3 nitrogen and oxygen atoms in total. The molecule has 0 aliphatic carbocycles. The van der Waals surface area contributed by atoms with E-state index >= 15 is 0 Å². The van der Waals surface area contributed by atoms with E-state index in [4.69, 9.17) is 0 Å². The number of rotatable bonds is 0. The fourth-order valence-corrected chi connectivity index (χ4v) is 0. The van der Waals surface area contributed by atoms with Crippen LogP contribution in [0, 0.1) is 0 Å². The molecule has 0 bridgehead atoms. The lowest BCUT2D eigenvalue weighted by Gasteiger charge is -1.62. The Bertz CT molecular complexity index is 7.61. The van der Waals surface area contributed by atoms with Crippen molar-refractivity contribution in [2.45, 2.75) is 0 Å². The second kappa shape index (κ2) is 25.0. The summed E-state index contributed by atoms with van der Waals surface area (Å²) in [6.07, 6.45) is 0. The third-order valence-electron chi connectivity index (χ3n) is 0. The molecule has 4 N–H and O–H groups in total. The lowest BCUT2D eigenvalue weighted by molar-refractivity contribution is 0.142. The molecule has 0 amide bonds. The zero-order valence-corrected chi connectivity index (χ0v) is 4.01. The second-order valence-corrected chi connectivity index (χ2v) is 0.136. The van der Waals surface area contributed by atoms with E-state index in [1.165, 1.54) is 0 Å². The summed E-state index contributed by atoms with van der Waals surface area (Å²) in [6.45, 7) is 0. The molecule has 0 rings (SSSR count). The van der Waals surface area contributed by atoms with Crippen molar-refractivity contribution in [2.75, 3.05) is 0 Å². The molecule has 0 aliphatic heterocycles. The van der Waals surface area contributed by atoms with Gasteiger partial charge in [-0.15, -0.1) is 24.8 Å². The van der Waals surface area contributed by atoms with Gasteiger partial charge >= 0.3 is 0 Å². The van der Waals surface area contributed by atoms with E-state index in [0.29, 0.717) is 0 Å². The van der Waals surface area contributed by atoms with Crippen molar-refractivity contribution in [1.29, 1.82) is 0 Å². The van der Waals surface area contributed by atoms with Crippen molar-refractivity contribution < 1.29 is 4.94 Å². The van der Waals surface area contributed by atoms with Gasteiger partial charge in [0, 0.05) is 0 Å². The SMILES string of the molecule is Cl.Cl.NON. The van der Waals surface area contributed by atoms with Gasteiger partial charge in [-0.1, -0.05) is 0 Å². The Hall–Kier alpha value is 0.460. The van der Waals surface area contributed by atoms with Crippen LogP contribution in [0.15, 0.2) is 0 Å². The van der Waals surface area contributed by atoms with Crippen molar-refractivity contribution in [2.24, 2.45) is 11.8 Å². The van der Waals surface area contributed by atoms with Gasteiger partial charge in [-0.05, 0) is 0 Å². The molecular formula is H6Cl2N2O. The van der Waals surface area contributed by atoms with Crippen LogP contribution in [0.3, 0.4) is 0 Å². The molecule has 0 saturated heterocycles. The first-order chi connectivity index (χ1) is 1.41. The maximum absolute atomic E-state index is 4.12. The lowest BCUT2D eigenvalue weighted by Crippen LogP contribution is -2.03. The highest BCUT2D eigenvalue weighted by molar-refractivity contribution is 5.85. The molecule has 5 heavy (non-hydrogen) atoms. The highest BCUT2D eigenvalue weighted by atomic mass is 35.5. The van der Waals surface area contributed by atoms with Crippen LogP contribution in [0.25, 0.3) is 0 Å². The molecule has 0 aromatic heterocycles. The molecule has 0 radical (unpaired) electrons. The minimum Gasteiger partial charge on any atom is -0.220 e. The lowest BCUT2D eigenvalue weighted by atomic mass is 13.3. The number of nitrogens with two attached hydrogens (primary N) is 2. The molecule has 5 heteroatoms. The van der Waals surface area contributed by atoms with Gasteiger partial charge in [0.2, 0.25) is 0 Å². The number of hydrogen-bond donors (Lipinski definition) is 2. The third-order valence-corrected chi connectivity index (χ3v) is 0. The quantitative estimate of drug-likeness (QED) is 0.428. The Morgan fingerprint density at radius 2 is 1.00 bits per heavy atom. The summed E-state index contributed by atoms with van der Waals surface area (Å²) >= 11 is 0. The summed E-state index contributed by atoms with van der Waals surface area (Å²) in [6, 6.07) is 0. The van der Waals surface area contributed by atoms with Crippen molar-refractivity contribution in [1.82, 2.24) is 0 Å². The zero-order chi connectivity index (χ0) is 2.71. The van der Waals surface area contributed by atoms with Gasteiger partial charge in [-0.3, -0.25) is 0 Å². The summed E-state index contributed by atoms with van der Waals surface area (Å²) in [7, 11) is 0. The molecule has 0 aliphatic rings. The normalized spacial score (nSPS) is 3.60. The predicted molar refractivity (Wildman–Crippen MR) is 24.0 cm³/mol. The largest absolute Gasteiger partial charge is 0.220 e. The van der Waals surface area contributed by atoms with E-state index in [-0.39, 0.29) is 24.8 Å². The first-order valence-electron chi connectivity index (χ1n) is 0.471. The molecule has 0 heterocycles. The van der Waals surface area contributed by atoms with Crippen LogP contribution in [0.1, 0.15) is 0 Å². The first-order valence-corrected chi connectivity index (χ1v) is 0.471. The van der Waals surface area contributed by atoms with Crippen molar-refractivity contribution >= 4 is 24.8 Å². The fourth-order valence-electron chi connectivity index (χ4n) is 0. The fraction of sp³-hybridized carbons (Fsp3) is 0. The third kappa shape index (κ3) is 128. The van der Waals surface area contributed by atoms with Gasteiger partial charge in [0.15, 0.2) is 0 Å². The van der Waals surface area contributed by atoms with Crippen LogP contribution in [0.4, 0.5) is 0 Å². The molecule has 0 aromatic rings. The maximum atomic E-state index is 4.12. The molecule has 0 atom stereocenters. The van der Waals surface area contributed by atoms with Gasteiger partial charge in [0.25, 0.3) is 0 Å². The minimum absolute atomic E-state index is 0. The zero-order valence-electron chi connectivity index (χ0n) is 2.38. The van der Waals surface area contributed by atoms with Crippen LogP contribution >= 0.6 is 24.8 Å². The Morgan fingerprint density at radius 3 is 1.00 bits per heavy atom. The van der Waals surface area contributed by atoms with Crippen molar-refractivity contribution in [3.63, 3.8) is 0 Å². The van der Waals surface area contributed by atoms with E-state index < -0.39 is 0 Å². The van der Waals surface area contributed by atoms with Gasteiger partial charge in [0.05, 0.1) is 0 Å². The summed E-state index contributed by atoms with van der Waals surface area (Å²) < 4.78 is 0. The second-order valence-electron chi connectivity index (χ2n) is 0.136. The highest BCUT2D eigenvalue weighted by Gasteiger charge is 1.21. The Kier molecular flexibility index (Phi) is 89.9. The standard InChI is InChI=1S/2ClH.H4N2O/c;;1-3-2/h2*1H;1-2H2. The van der Waals surface area contributed by atoms with E-state index in [0.717, 1.165) is 0 Å². The minimum atomic E-state index is 0. The summed E-state index contributed by atoms with van der Waals surface area (Å²) in [5.41, 5.74) is 0. The molecular weight excluding hydrogens is 115 g/mol.